The van der Waals surface area contributed by atoms with E-state index in [2.05, 4.69) is 5.10 Å². The standard InChI is InChI=1S/C15H14F2N2O2/c1-8-6-11(17)13(7-10(8)16)19-12-5-3-2-4-9(12)14(18-19)15(20)21/h6-7H,2-5H2,1H3,(H,20,21). The second-order valence-electron chi connectivity index (χ2n) is 5.25. The number of nitrogens with zero attached hydrogens (tertiary/aromatic N) is 2. The first-order valence-corrected chi connectivity index (χ1v) is 6.79. The Bertz CT molecular complexity index is 738. The molecule has 0 fully saturated rings. The van der Waals surface area contributed by atoms with E-state index in [1.807, 2.05) is 0 Å². The van der Waals surface area contributed by atoms with E-state index in [4.69, 9.17) is 0 Å². The first-order valence-electron chi connectivity index (χ1n) is 6.79. The van der Waals surface area contributed by atoms with Gasteiger partial charge in [0.15, 0.2) is 5.69 Å². The van der Waals surface area contributed by atoms with Gasteiger partial charge in [-0.1, -0.05) is 0 Å². The summed E-state index contributed by atoms with van der Waals surface area (Å²) >= 11 is 0. The summed E-state index contributed by atoms with van der Waals surface area (Å²) in [5, 5.41) is 13.2. The molecule has 1 N–H and O–H groups in total. The number of benzene rings is 1. The summed E-state index contributed by atoms with van der Waals surface area (Å²) < 4.78 is 29.1. The second-order valence-corrected chi connectivity index (χ2v) is 5.25. The molecule has 0 spiro atoms. The average molecular weight is 292 g/mol. The smallest absolute Gasteiger partial charge is 0.356 e. The summed E-state index contributed by atoms with van der Waals surface area (Å²) in [6, 6.07) is 2.17. The first-order chi connectivity index (χ1) is 9.99. The van der Waals surface area contributed by atoms with Gasteiger partial charge in [-0.3, -0.25) is 0 Å². The Hall–Kier alpha value is -2.24. The Labute approximate surface area is 120 Å². The van der Waals surface area contributed by atoms with Crippen molar-refractivity contribution >= 4 is 5.97 Å². The number of aromatic carboxylic acids is 1. The second kappa shape index (κ2) is 4.95. The van der Waals surface area contributed by atoms with Gasteiger partial charge in [-0.15, -0.1) is 0 Å². The molecule has 110 valence electrons. The van der Waals surface area contributed by atoms with Crippen molar-refractivity contribution in [1.82, 2.24) is 9.78 Å². The topological polar surface area (TPSA) is 55.1 Å². The first kappa shape index (κ1) is 13.7. The van der Waals surface area contributed by atoms with Crippen LogP contribution in [0.2, 0.25) is 0 Å². The van der Waals surface area contributed by atoms with Gasteiger partial charge in [0.05, 0.1) is 0 Å². The van der Waals surface area contributed by atoms with Crippen LogP contribution in [-0.4, -0.2) is 20.9 Å². The molecule has 21 heavy (non-hydrogen) atoms. The van der Waals surface area contributed by atoms with Crippen LogP contribution in [0.1, 0.15) is 40.2 Å². The van der Waals surface area contributed by atoms with Crippen molar-refractivity contribution in [3.05, 3.63) is 46.3 Å². The quantitative estimate of drug-likeness (QED) is 0.925. The molecule has 1 aliphatic rings. The average Bonchev–Trinajstić information content (AvgIpc) is 2.82. The zero-order chi connectivity index (χ0) is 15.1. The number of carboxylic acids is 1. The molecule has 0 saturated carbocycles. The van der Waals surface area contributed by atoms with Gasteiger partial charge in [-0.25, -0.2) is 18.3 Å². The minimum Gasteiger partial charge on any atom is -0.476 e. The lowest BCUT2D eigenvalue weighted by Gasteiger charge is -2.14. The molecule has 0 atom stereocenters. The third-order valence-corrected chi connectivity index (χ3v) is 3.84. The molecular weight excluding hydrogens is 278 g/mol. The Morgan fingerprint density at radius 1 is 1.24 bits per heavy atom. The largest absolute Gasteiger partial charge is 0.476 e. The molecule has 1 aliphatic carbocycles. The molecule has 0 aliphatic heterocycles. The number of fused-ring (bicyclic) bond motifs is 1. The molecule has 4 nitrogen and oxygen atoms in total. The molecule has 0 bridgehead atoms. The molecule has 2 aromatic rings. The van der Waals surface area contributed by atoms with Gasteiger partial charge in [0.2, 0.25) is 0 Å². The van der Waals surface area contributed by atoms with Crippen LogP contribution in [-0.2, 0) is 12.8 Å². The van der Waals surface area contributed by atoms with Gasteiger partial charge >= 0.3 is 5.97 Å². The minimum atomic E-state index is -1.14. The maximum absolute atomic E-state index is 14.1. The lowest BCUT2D eigenvalue weighted by Crippen LogP contribution is -2.10. The van der Waals surface area contributed by atoms with Crippen molar-refractivity contribution in [3.63, 3.8) is 0 Å². The molecule has 6 heteroatoms. The fourth-order valence-electron chi connectivity index (χ4n) is 2.77. The normalized spacial score (nSPS) is 14.0. The summed E-state index contributed by atoms with van der Waals surface area (Å²) in [4.78, 5) is 11.3. The lowest BCUT2D eigenvalue weighted by atomic mass is 9.95. The maximum atomic E-state index is 14.1. The third kappa shape index (κ3) is 2.20. The third-order valence-electron chi connectivity index (χ3n) is 3.84. The number of hydrogen-bond acceptors (Lipinski definition) is 2. The molecular formula is C15H14F2N2O2. The summed E-state index contributed by atoms with van der Waals surface area (Å²) in [6.07, 6.45) is 2.98. The summed E-state index contributed by atoms with van der Waals surface area (Å²) in [5.74, 6) is -2.29. The van der Waals surface area contributed by atoms with Crippen LogP contribution in [0.25, 0.3) is 5.69 Å². The number of rotatable bonds is 2. The Kier molecular flexibility index (Phi) is 3.23. The molecule has 0 radical (unpaired) electrons. The van der Waals surface area contributed by atoms with E-state index in [-0.39, 0.29) is 16.9 Å². The summed E-state index contributed by atoms with van der Waals surface area (Å²) in [7, 11) is 0. The molecule has 1 aromatic carbocycles. The molecule has 0 saturated heterocycles. The highest BCUT2D eigenvalue weighted by Crippen LogP contribution is 2.28. The predicted molar refractivity (Wildman–Crippen MR) is 71.8 cm³/mol. The van der Waals surface area contributed by atoms with Crippen molar-refractivity contribution in [1.29, 1.82) is 0 Å². The number of aryl methyl sites for hydroxylation is 1. The Morgan fingerprint density at radius 3 is 2.67 bits per heavy atom. The summed E-state index contributed by atoms with van der Waals surface area (Å²) in [5.41, 5.74) is 1.40. The van der Waals surface area contributed by atoms with Crippen LogP contribution in [0.15, 0.2) is 12.1 Å². The van der Waals surface area contributed by atoms with Crippen molar-refractivity contribution in [2.75, 3.05) is 0 Å². The van der Waals surface area contributed by atoms with E-state index in [1.165, 1.54) is 11.6 Å². The van der Waals surface area contributed by atoms with Crippen LogP contribution < -0.4 is 0 Å². The van der Waals surface area contributed by atoms with Crippen molar-refractivity contribution in [3.8, 4) is 5.69 Å². The molecule has 0 amide bonds. The molecule has 0 unspecified atom stereocenters. The fraction of sp³-hybridized carbons (Fsp3) is 0.333. The fourth-order valence-corrected chi connectivity index (χ4v) is 2.77. The van der Waals surface area contributed by atoms with E-state index >= 15 is 0 Å². The highest BCUT2D eigenvalue weighted by atomic mass is 19.1. The van der Waals surface area contributed by atoms with Crippen LogP contribution in [0.4, 0.5) is 8.78 Å². The van der Waals surface area contributed by atoms with Crippen LogP contribution in [0.3, 0.4) is 0 Å². The van der Waals surface area contributed by atoms with Crippen molar-refractivity contribution in [2.24, 2.45) is 0 Å². The van der Waals surface area contributed by atoms with Gasteiger partial charge in [0.25, 0.3) is 0 Å². The number of carbonyl (C=O) groups is 1. The van der Waals surface area contributed by atoms with Gasteiger partial charge in [0, 0.05) is 17.3 Å². The zero-order valence-electron chi connectivity index (χ0n) is 11.5. The monoisotopic (exact) mass is 292 g/mol. The Morgan fingerprint density at radius 2 is 1.95 bits per heavy atom. The van der Waals surface area contributed by atoms with Gasteiger partial charge in [-0.2, -0.15) is 5.10 Å². The van der Waals surface area contributed by atoms with Crippen molar-refractivity contribution in [2.45, 2.75) is 32.6 Å². The van der Waals surface area contributed by atoms with Crippen LogP contribution >= 0.6 is 0 Å². The van der Waals surface area contributed by atoms with Gasteiger partial charge in [0.1, 0.15) is 17.3 Å². The van der Waals surface area contributed by atoms with E-state index in [0.717, 1.165) is 25.0 Å². The highest BCUT2D eigenvalue weighted by Gasteiger charge is 2.26. The SMILES string of the molecule is Cc1cc(F)c(-n2nc(C(=O)O)c3c2CCCC3)cc1F. The number of halogens is 2. The number of aromatic nitrogens is 2. The van der Waals surface area contributed by atoms with E-state index in [1.54, 1.807) is 0 Å². The van der Waals surface area contributed by atoms with E-state index < -0.39 is 17.6 Å². The molecule has 3 rings (SSSR count). The minimum absolute atomic E-state index is 0.0382. The van der Waals surface area contributed by atoms with Crippen LogP contribution in [0, 0.1) is 18.6 Å². The number of carboxylic acid groups (broad SMARTS) is 1. The van der Waals surface area contributed by atoms with Gasteiger partial charge < -0.3 is 5.11 Å². The predicted octanol–water partition coefficient (Wildman–Crippen LogP) is 3.04. The van der Waals surface area contributed by atoms with Gasteiger partial charge in [-0.05, 0) is 44.2 Å². The summed E-state index contributed by atoms with van der Waals surface area (Å²) in [6.45, 7) is 1.48. The molecule has 1 heterocycles. The Balaban J connectivity index is 2.24. The lowest BCUT2D eigenvalue weighted by molar-refractivity contribution is 0.0688. The van der Waals surface area contributed by atoms with Crippen molar-refractivity contribution < 1.29 is 18.7 Å². The maximum Gasteiger partial charge on any atom is 0.356 e. The van der Waals surface area contributed by atoms with E-state index in [0.29, 0.717) is 24.1 Å². The molecule has 1 aromatic heterocycles. The van der Waals surface area contributed by atoms with E-state index in [9.17, 15) is 18.7 Å². The highest BCUT2D eigenvalue weighted by molar-refractivity contribution is 5.87. The number of hydrogen-bond donors (Lipinski definition) is 1. The zero-order valence-corrected chi connectivity index (χ0v) is 11.5. The van der Waals surface area contributed by atoms with Crippen LogP contribution in [0.5, 0.6) is 0 Å².